The molecular weight excluding hydrogens is 459 g/mol. The summed E-state index contributed by atoms with van der Waals surface area (Å²) in [5.74, 6) is 1.60. The molecule has 9 heteroatoms. The van der Waals surface area contributed by atoms with E-state index in [2.05, 4.69) is 32.7 Å². The quantitative estimate of drug-likeness (QED) is 0.256. The molecule has 3 heterocycles. The Balaban J connectivity index is 0.00000261. The number of ether oxygens (including phenoxy) is 2. The summed E-state index contributed by atoms with van der Waals surface area (Å²) >= 11 is 0. The molecule has 1 fully saturated rings. The van der Waals surface area contributed by atoms with Crippen molar-refractivity contribution in [2.75, 3.05) is 32.9 Å². The predicted octanol–water partition coefficient (Wildman–Crippen LogP) is 1.99. The predicted molar refractivity (Wildman–Crippen MR) is 116 cm³/mol. The largest absolute Gasteiger partial charge is 0.381 e. The van der Waals surface area contributed by atoms with E-state index in [1.807, 2.05) is 28.8 Å². The van der Waals surface area contributed by atoms with Crippen molar-refractivity contribution in [2.24, 2.45) is 4.99 Å². The van der Waals surface area contributed by atoms with E-state index in [0.717, 1.165) is 69.6 Å². The maximum absolute atomic E-state index is 5.89. The minimum absolute atomic E-state index is 0. The zero-order valence-electron chi connectivity index (χ0n) is 15.8. The van der Waals surface area contributed by atoms with Crippen molar-refractivity contribution < 1.29 is 9.47 Å². The Morgan fingerprint density at radius 2 is 2.15 bits per heavy atom. The Kier molecular flexibility index (Phi) is 9.78. The van der Waals surface area contributed by atoms with Crippen LogP contribution in [0.4, 0.5) is 0 Å². The second-order valence-corrected chi connectivity index (χ2v) is 6.20. The van der Waals surface area contributed by atoms with Gasteiger partial charge in [0.2, 0.25) is 0 Å². The van der Waals surface area contributed by atoms with E-state index in [9.17, 15) is 0 Å². The van der Waals surface area contributed by atoms with Gasteiger partial charge in [0.25, 0.3) is 0 Å². The third-order valence-electron chi connectivity index (χ3n) is 4.24. The number of nitrogens with one attached hydrogen (secondary N) is 2. The molecule has 2 aromatic heterocycles. The normalized spacial score (nSPS) is 15.5. The SMILES string of the molecule is CCNC(=NCc1nnc2ccccn12)NCCCOC1CCOCC1.I. The summed E-state index contributed by atoms with van der Waals surface area (Å²) in [6, 6.07) is 5.85. The molecule has 1 aliphatic rings. The van der Waals surface area contributed by atoms with Crippen LogP contribution in [0.1, 0.15) is 32.0 Å². The van der Waals surface area contributed by atoms with Crippen LogP contribution < -0.4 is 10.6 Å². The maximum Gasteiger partial charge on any atom is 0.191 e. The highest BCUT2D eigenvalue weighted by atomic mass is 127. The number of pyridine rings is 1. The second-order valence-electron chi connectivity index (χ2n) is 6.20. The highest BCUT2D eigenvalue weighted by Crippen LogP contribution is 2.10. The van der Waals surface area contributed by atoms with Crippen LogP contribution in [-0.2, 0) is 16.0 Å². The molecule has 0 aliphatic carbocycles. The molecular formula is C18H29IN6O2. The molecule has 0 bridgehead atoms. The lowest BCUT2D eigenvalue weighted by molar-refractivity contribution is -0.0320. The number of hydrogen-bond acceptors (Lipinski definition) is 5. The van der Waals surface area contributed by atoms with E-state index in [1.54, 1.807) is 0 Å². The molecule has 2 aromatic rings. The Morgan fingerprint density at radius 3 is 2.96 bits per heavy atom. The smallest absolute Gasteiger partial charge is 0.191 e. The van der Waals surface area contributed by atoms with E-state index in [4.69, 9.17) is 9.47 Å². The van der Waals surface area contributed by atoms with Crippen molar-refractivity contribution in [3.63, 3.8) is 0 Å². The van der Waals surface area contributed by atoms with Gasteiger partial charge in [-0.1, -0.05) is 6.07 Å². The van der Waals surface area contributed by atoms with Gasteiger partial charge in [-0.2, -0.15) is 0 Å². The van der Waals surface area contributed by atoms with Gasteiger partial charge in [0.15, 0.2) is 17.4 Å². The van der Waals surface area contributed by atoms with Gasteiger partial charge in [-0.3, -0.25) is 4.40 Å². The third-order valence-corrected chi connectivity index (χ3v) is 4.24. The summed E-state index contributed by atoms with van der Waals surface area (Å²) < 4.78 is 13.2. The second kappa shape index (κ2) is 12.1. The molecule has 0 radical (unpaired) electrons. The number of halogens is 1. The summed E-state index contributed by atoms with van der Waals surface area (Å²) in [6.45, 7) is 6.54. The van der Waals surface area contributed by atoms with Crippen LogP contribution in [0.3, 0.4) is 0 Å². The Labute approximate surface area is 177 Å². The summed E-state index contributed by atoms with van der Waals surface area (Å²) in [5.41, 5.74) is 0.834. The van der Waals surface area contributed by atoms with Gasteiger partial charge >= 0.3 is 0 Å². The fraction of sp³-hybridized carbons (Fsp3) is 0.611. The van der Waals surface area contributed by atoms with E-state index in [1.165, 1.54) is 0 Å². The van der Waals surface area contributed by atoms with Crippen LogP contribution >= 0.6 is 24.0 Å². The Bertz CT molecular complexity index is 702. The average molecular weight is 488 g/mol. The summed E-state index contributed by atoms with van der Waals surface area (Å²) in [4.78, 5) is 4.61. The summed E-state index contributed by atoms with van der Waals surface area (Å²) in [7, 11) is 0. The lowest BCUT2D eigenvalue weighted by Crippen LogP contribution is -2.38. The fourth-order valence-corrected chi connectivity index (χ4v) is 2.86. The van der Waals surface area contributed by atoms with Gasteiger partial charge in [0, 0.05) is 39.1 Å². The van der Waals surface area contributed by atoms with Crippen LogP contribution in [0.2, 0.25) is 0 Å². The molecule has 0 spiro atoms. The van der Waals surface area contributed by atoms with Crippen molar-refractivity contribution in [3.05, 3.63) is 30.2 Å². The minimum atomic E-state index is 0. The molecule has 8 nitrogen and oxygen atoms in total. The van der Waals surface area contributed by atoms with Gasteiger partial charge in [0.1, 0.15) is 6.54 Å². The third kappa shape index (κ3) is 6.89. The van der Waals surface area contributed by atoms with E-state index in [-0.39, 0.29) is 24.0 Å². The van der Waals surface area contributed by atoms with Crippen molar-refractivity contribution in [1.29, 1.82) is 0 Å². The topological polar surface area (TPSA) is 85.1 Å². The highest BCUT2D eigenvalue weighted by Gasteiger charge is 2.13. The Hall–Kier alpha value is -1.46. The molecule has 0 aromatic carbocycles. The van der Waals surface area contributed by atoms with Gasteiger partial charge in [-0.05, 0) is 38.3 Å². The van der Waals surface area contributed by atoms with Crippen molar-refractivity contribution in [3.8, 4) is 0 Å². The van der Waals surface area contributed by atoms with Crippen molar-refractivity contribution in [1.82, 2.24) is 25.2 Å². The Morgan fingerprint density at radius 1 is 1.30 bits per heavy atom. The van der Waals surface area contributed by atoms with Gasteiger partial charge < -0.3 is 20.1 Å². The highest BCUT2D eigenvalue weighted by molar-refractivity contribution is 14.0. The molecule has 2 N–H and O–H groups in total. The summed E-state index contributed by atoms with van der Waals surface area (Å²) in [5, 5.41) is 15.0. The number of aromatic nitrogens is 3. The molecule has 1 aliphatic heterocycles. The fourth-order valence-electron chi connectivity index (χ4n) is 2.86. The van der Waals surface area contributed by atoms with Crippen LogP contribution in [0.5, 0.6) is 0 Å². The lowest BCUT2D eigenvalue weighted by atomic mass is 10.1. The van der Waals surface area contributed by atoms with E-state index < -0.39 is 0 Å². The van der Waals surface area contributed by atoms with Gasteiger partial charge in [0.05, 0.1) is 6.10 Å². The molecule has 0 amide bonds. The molecule has 3 rings (SSSR count). The number of nitrogens with zero attached hydrogens (tertiary/aromatic N) is 4. The van der Waals surface area contributed by atoms with Crippen molar-refractivity contribution >= 4 is 35.6 Å². The zero-order valence-corrected chi connectivity index (χ0v) is 18.1. The number of guanidine groups is 1. The molecule has 150 valence electrons. The lowest BCUT2D eigenvalue weighted by Gasteiger charge is -2.22. The molecule has 0 atom stereocenters. The number of rotatable bonds is 8. The standard InChI is InChI=1S/C18H28N6O2.HI/c1-2-19-18(20-9-5-11-26-15-7-12-25-13-8-15)21-14-17-23-22-16-6-3-4-10-24(16)17;/h3-4,6,10,15H,2,5,7-9,11-14H2,1H3,(H2,19,20,21);1H. The van der Waals surface area contributed by atoms with Crippen LogP contribution in [0.15, 0.2) is 29.4 Å². The number of fused-ring (bicyclic) bond motifs is 1. The maximum atomic E-state index is 5.89. The van der Waals surface area contributed by atoms with E-state index in [0.29, 0.717) is 12.6 Å². The molecule has 0 unspecified atom stereocenters. The van der Waals surface area contributed by atoms with Crippen molar-refractivity contribution in [2.45, 2.75) is 38.8 Å². The van der Waals surface area contributed by atoms with Crippen LogP contribution in [0.25, 0.3) is 5.65 Å². The number of hydrogen-bond donors (Lipinski definition) is 2. The average Bonchev–Trinajstić information content (AvgIpc) is 3.10. The molecule has 27 heavy (non-hydrogen) atoms. The van der Waals surface area contributed by atoms with E-state index >= 15 is 0 Å². The van der Waals surface area contributed by atoms with Gasteiger partial charge in [-0.15, -0.1) is 34.2 Å². The number of aliphatic imine (C=N–C) groups is 1. The first-order valence-electron chi connectivity index (χ1n) is 9.37. The first kappa shape index (κ1) is 21.8. The first-order valence-corrected chi connectivity index (χ1v) is 9.37. The molecule has 1 saturated heterocycles. The first-order chi connectivity index (χ1) is 12.9. The van der Waals surface area contributed by atoms with Crippen LogP contribution in [-0.4, -0.2) is 59.6 Å². The van der Waals surface area contributed by atoms with Crippen LogP contribution in [0, 0.1) is 0 Å². The monoisotopic (exact) mass is 488 g/mol. The van der Waals surface area contributed by atoms with Gasteiger partial charge in [-0.25, -0.2) is 4.99 Å². The summed E-state index contributed by atoms with van der Waals surface area (Å²) in [6.07, 6.45) is 5.25. The molecule has 0 saturated carbocycles. The minimum Gasteiger partial charge on any atom is -0.381 e. The zero-order chi connectivity index (χ0) is 18.0.